The fraction of sp³-hybridized carbons (Fsp3) is 0.462. The zero-order chi connectivity index (χ0) is 12.2. The summed E-state index contributed by atoms with van der Waals surface area (Å²) in [6, 6.07) is 1.86. The van der Waals surface area contributed by atoms with Gasteiger partial charge in [0.25, 0.3) is 5.91 Å². The van der Waals surface area contributed by atoms with E-state index in [2.05, 4.69) is 21.2 Å². The highest BCUT2D eigenvalue weighted by molar-refractivity contribution is 9.10. The summed E-state index contributed by atoms with van der Waals surface area (Å²) in [5.74, 6) is 0.728. The average molecular weight is 296 g/mol. The molecule has 17 heavy (non-hydrogen) atoms. The number of benzene rings is 1. The average Bonchev–Trinajstić information content (AvgIpc) is 3.05. The van der Waals surface area contributed by atoms with Crippen molar-refractivity contribution in [1.29, 1.82) is 0 Å². The molecule has 3 nitrogen and oxygen atoms in total. The summed E-state index contributed by atoms with van der Waals surface area (Å²) >= 11 is 3.49. The number of ether oxygens (including phenoxy) is 1. The Kier molecular flexibility index (Phi) is 2.27. The van der Waals surface area contributed by atoms with E-state index in [-0.39, 0.29) is 11.4 Å². The van der Waals surface area contributed by atoms with Crippen LogP contribution in [0.3, 0.4) is 0 Å². The number of fused-ring (bicyclic) bond motifs is 1. The lowest BCUT2D eigenvalue weighted by Crippen LogP contribution is -2.38. The molecule has 1 fully saturated rings. The predicted molar refractivity (Wildman–Crippen MR) is 68.5 cm³/mol. The molecule has 0 atom stereocenters. The minimum atomic E-state index is -0.0943. The third-order valence-electron chi connectivity index (χ3n) is 3.75. The molecule has 3 rings (SSSR count). The summed E-state index contributed by atoms with van der Waals surface area (Å²) < 4.78 is 6.82. The Morgan fingerprint density at radius 1 is 1.35 bits per heavy atom. The van der Waals surface area contributed by atoms with Gasteiger partial charge in [-0.1, -0.05) is 15.9 Å². The molecule has 90 valence electrons. The van der Waals surface area contributed by atoms with E-state index in [1.54, 1.807) is 0 Å². The molecule has 0 saturated heterocycles. The van der Waals surface area contributed by atoms with Crippen molar-refractivity contribution in [3.8, 4) is 5.75 Å². The van der Waals surface area contributed by atoms with E-state index in [9.17, 15) is 4.79 Å². The molecule has 1 aliphatic heterocycles. The van der Waals surface area contributed by atoms with Gasteiger partial charge in [0.15, 0.2) is 0 Å². The number of hydrogen-bond acceptors (Lipinski definition) is 2. The zero-order valence-electron chi connectivity index (χ0n) is 9.89. The molecule has 1 aliphatic carbocycles. The quantitative estimate of drug-likeness (QED) is 0.799. The Labute approximate surface area is 109 Å². The molecule has 1 aromatic rings. The predicted octanol–water partition coefficient (Wildman–Crippen LogP) is 2.72. The molecule has 0 unspecified atom stereocenters. The number of nitrogens with one attached hydrogen (secondary N) is 1. The fourth-order valence-electron chi connectivity index (χ4n) is 2.18. The Morgan fingerprint density at radius 2 is 2.06 bits per heavy atom. The second kappa shape index (κ2) is 3.48. The van der Waals surface area contributed by atoms with Gasteiger partial charge < -0.3 is 10.1 Å². The molecule has 1 heterocycles. The molecule has 1 N–H and O–H groups in total. The number of carbonyl (C=O) groups is 1. The van der Waals surface area contributed by atoms with Crippen molar-refractivity contribution in [3.63, 3.8) is 0 Å². The first-order chi connectivity index (χ1) is 8.02. The molecule has 0 radical (unpaired) electrons. The van der Waals surface area contributed by atoms with Crippen molar-refractivity contribution in [1.82, 2.24) is 5.32 Å². The lowest BCUT2D eigenvalue weighted by Gasteiger charge is -2.14. The Balaban J connectivity index is 2.13. The smallest absolute Gasteiger partial charge is 0.255 e. The van der Waals surface area contributed by atoms with Crippen molar-refractivity contribution in [2.45, 2.75) is 32.2 Å². The van der Waals surface area contributed by atoms with E-state index in [4.69, 9.17) is 4.74 Å². The van der Waals surface area contributed by atoms with E-state index in [1.807, 2.05) is 19.9 Å². The summed E-state index contributed by atoms with van der Waals surface area (Å²) in [4.78, 5) is 12.2. The topological polar surface area (TPSA) is 38.3 Å². The Bertz CT molecular complexity index is 521. The van der Waals surface area contributed by atoms with Gasteiger partial charge in [-0.15, -0.1) is 0 Å². The van der Waals surface area contributed by atoms with E-state index < -0.39 is 0 Å². The van der Waals surface area contributed by atoms with Gasteiger partial charge in [0.1, 0.15) is 12.4 Å². The second-order valence-corrected chi connectivity index (χ2v) is 5.86. The maximum Gasteiger partial charge on any atom is 0.255 e. The van der Waals surface area contributed by atoms with E-state index in [0.29, 0.717) is 12.2 Å². The first kappa shape index (κ1) is 11.1. The highest BCUT2D eigenvalue weighted by Crippen LogP contribution is 2.41. The highest BCUT2D eigenvalue weighted by Gasteiger charge is 2.47. The van der Waals surface area contributed by atoms with Crippen LogP contribution >= 0.6 is 15.9 Å². The lowest BCUT2D eigenvalue weighted by molar-refractivity contribution is 0.0932. The van der Waals surface area contributed by atoms with Crippen LogP contribution in [-0.4, -0.2) is 18.1 Å². The third kappa shape index (κ3) is 1.66. The second-order valence-electron chi connectivity index (χ2n) is 5.01. The van der Waals surface area contributed by atoms with Gasteiger partial charge in [-0.25, -0.2) is 0 Å². The van der Waals surface area contributed by atoms with Crippen LogP contribution in [0.4, 0.5) is 0 Å². The van der Waals surface area contributed by atoms with Crippen LogP contribution < -0.4 is 10.1 Å². The van der Waals surface area contributed by atoms with Crippen LogP contribution in [-0.2, 0) is 0 Å². The summed E-state index contributed by atoms with van der Waals surface area (Å²) in [6.07, 6.45) is 2.04. The van der Waals surface area contributed by atoms with E-state index >= 15 is 0 Å². The van der Waals surface area contributed by atoms with Gasteiger partial charge in [-0.2, -0.15) is 0 Å². The first-order valence-corrected chi connectivity index (χ1v) is 6.57. The minimum Gasteiger partial charge on any atom is -0.490 e. The van der Waals surface area contributed by atoms with Crippen LogP contribution in [0.25, 0.3) is 0 Å². The number of amides is 1. The molecule has 1 spiro atoms. The van der Waals surface area contributed by atoms with Crippen molar-refractivity contribution < 1.29 is 9.53 Å². The molecule has 2 aliphatic rings. The van der Waals surface area contributed by atoms with Gasteiger partial charge >= 0.3 is 0 Å². The zero-order valence-corrected chi connectivity index (χ0v) is 11.5. The van der Waals surface area contributed by atoms with Crippen LogP contribution in [0.1, 0.15) is 34.3 Å². The Hall–Kier alpha value is -1.03. The fourth-order valence-corrected chi connectivity index (χ4v) is 2.71. The van der Waals surface area contributed by atoms with Crippen molar-refractivity contribution >= 4 is 21.8 Å². The summed E-state index contributed by atoms with van der Waals surface area (Å²) in [5, 5.41) is 3.07. The highest BCUT2D eigenvalue weighted by atomic mass is 79.9. The van der Waals surface area contributed by atoms with Crippen LogP contribution in [0.5, 0.6) is 5.75 Å². The third-order valence-corrected chi connectivity index (χ3v) is 4.57. The van der Waals surface area contributed by atoms with Crippen LogP contribution in [0.2, 0.25) is 0 Å². The summed E-state index contributed by atoms with van der Waals surface area (Å²) in [5.41, 5.74) is 2.72. The SMILES string of the molecule is Cc1c(Br)cc2c(c1C)OCC1(CC1)NC2=O. The largest absolute Gasteiger partial charge is 0.490 e. The first-order valence-electron chi connectivity index (χ1n) is 5.77. The van der Waals surface area contributed by atoms with Gasteiger partial charge in [-0.3, -0.25) is 4.79 Å². The van der Waals surface area contributed by atoms with Crippen molar-refractivity contribution in [2.75, 3.05) is 6.61 Å². The van der Waals surface area contributed by atoms with Gasteiger partial charge in [0.05, 0.1) is 11.1 Å². The van der Waals surface area contributed by atoms with Crippen molar-refractivity contribution in [3.05, 3.63) is 27.2 Å². The molecule has 0 aromatic heterocycles. The van der Waals surface area contributed by atoms with E-state index in [0.717, 1.165) is 34.2 Å². The van der Waals surface area contributed by atoms with Gasteiger partial charge in [-0.05, 0) is 43.9 Å². The molecular weight excluding hydrogens is 282 g/mol. The monoisotopic (exact) mass is 295 g/mol. The number of hydrogen-bond donors (Lipinski definition) is 1. The normalized spacial score (nSPS) is 20.3. The van der Waals surface area contributed by atoms with Crippen LogP contribution in [0, 0.1) is 13.8 Å². The summed E-state index contributed by atoms with van der Waals surface area (Å²) in [6.45, 7) is 4.61. The minimum absolute atomic E-state index is 0.0150. The molecule has 4 heteroatoms. The maximum atomic E-state index is 12.2. The molecular formula is C13H14BrNO2. The van der Waals surface area contributed by atoms with Gasteiger partial charge in [0, 0.05) is 4.47 Å². The Morgan fingerprint density at radius 3 is 2.71 bits per heavy atom. The van der Waals surface area contributed by atoms with E-state index in [1.165, 1.54) is 0 Å². The number of halogens is 1. The number of rotatable bonds is 0. The van der Waals surface area contributed by atoms with Crippen LogP contribution in [0.15, 0.2) is 10.5 Å². The molecule has 0 bridgehead atoms. The number of carbonyl (C=O) groups excluding carboxylic acids is 1. The summed E-state index contributed by atoms with van der Waals surface area (Å²) in [7, 11) is 0. The lowest BCUT2D eigenvalue weighted by atomic mass is 10.0. The van der Waals surface area contributed by atoms with Gasteiger partial charge in [0.2, 0.25) is 0 Å². The van der Waals surface area contributed by atoms with Crippen molar-refractivity contribution in [2.24, 2.45) is 0 Å². The molecule has 1 saturated carbocycles. The molecule has 1 aromatic carbocycles. The molecule has 1 amide bonds. The standard InChI is InChI=1S/C13H14BrNO2/c1-7-8(2)11-9(5-10(7)14)12(16)15-13(3-4-13)6-17-11/h5H,3-4,6H2,1-2H3,(H,15,16). The maximum absolute atomic E-state index is 12.2.